The molecule has 2 atom stereocenters. The summed E-state index contributed by atoms with van der Waals surface area (Å²) in [5.74, 6) is 7.25. The largest absolute Gasteiger partial charge is 0.271 e. The normalized spacial score (nSPS) is 18.4. The molecule has 4 nitrogen and oxygen atoms in total. The quantitative estimate of drug-likeness (QED) is 0.627. The molecule has 0 bridgehead atoms. The van der Waals surface area contributed by atoms with Crippen molar-refractivity contribution in [3.05, 3.63) is 30.0 Å². The molecule has 2 unspecified atom stereocenters. The lowest BCUT2D eigenvalue weighted by molar-refractivity contribution is 0.341. The van der Waals surface area contributed by atoms with Crippen LogP contribution in [-0.4, -0.2) is 15.8 Å². The second kappa shape index (κ2) is 5.54. The average Bonchev–Trinajstić information content (AvgIpc) is 3.27. The van der Waals surface area contributed by atoms with Crippen molar-refractivity contribution >= 4 is 10.9 Å². The van der Waals surface area contributed by atoms with Crippen molar-refractivity contribution in [3.63, 3.8) is 0 Å². The Kier molecular flexibility index (Phi) is 3.76. The lowest BCUT2D eigenvalue weighted by atomic mass is 9.93. The van der Waals surface area contributed by atoms with Gasteiger partial charge in [-0.1, -0.05) is 25.1 Å². The molecule has 3 rings (SSSR count). The van der Waals surface area contributed by atoms with Crippen molar-refractivity contribution in [2.45, 2.75) is 45.7 Å². The van der Waals surface area contributed by atoms with Crippen LogP contribution in [0.5, 0.6) is 0 Å². The van der Waals surface area contributed by atoms with Crippen LogP contribution < -0.4 is 11.3 Å². The molecule has 1 saturated carbocycles. The van der Waals surface area contributed by atoms with Crippen molar-refractivity contribution in [1.29, 1.82) is 0 Å². The maximum Gasteiger partial charge on any atom is 0.0719 e. The van der Waals surface area contributed by atoms with Gasteiger partial charge in [0, 0.05) is 24.4 Å². The van der Waals surface area contributed by atoms with E-state index in [4.69, 9.17) is 10.9 Å². The first-order valence-electron chi connectivity index (χ1n) is 7.65. The lowest BCUT2D eigenvalue weighted by Gasteiger charge is -2.22. The van der Waals surface area contributed by atoms with E-state index < -0.39 is 0 Å². The molecule has 20 heavy (non-hydrogen) atoms. The van der Waals surface area contributed by atoms with E-state index in [0.717, 1.165) is 24.6 Å². The second-order valence-electron chi connectivity index (χ2n) is 5.95. The predicted molar refractivity (Wildman–Crippen MR) is 82.1 cm³/mol. The zero-order valence-corrected chi connectivity index (χ0v) is 12.3. The van der Waals surface area contributed by atoms with Gasteiger partial charge < -0.3 is 0 Å². The Balaban J connectivity index is 1.89. The zero-order valence-electron chi connectivity index (χ0n) is 12.3. The number of fused-ring (bicyclic) bond motifs is 1. The predicted octanol–water partition coefficient (Wildman–Crippen LogP) is 2.48. The van der Waals surface area contributed by atoms with Crippen LogP contribution in [0.15, 0.2) is 24.3 Å². The molecule has 0 saturated heterocycles. The minimum Gasteiger partial charge on any atom is -0.271 e. The van der Waals surface area contributed by atoms with E-state index >= 15 is 0 Å². The van der Waals surface area contributed by atoms with Gasteiger partial charge in [-0.25, -0.2) is 0 Å². The number of rotatable bonds is 6. The van der Waals surface area contributed by atoms with Crippen LogP contribution in [0.1, 0.15) is 32.4 Å². The number of hydrogen-bond acceptors (Lipinski definition) is 3. The third-order valence-electron chi connectivity index (χ3n) is 4.66. The van der Waals surface area contributed by atoms with E-state index in [1.54, 1.807) is 0 Å². The maximum atomic E-state index is 5.79. The van der Waals surface area contributed by atoms with Gasteiger partial charge in [-0.2, -0.15) is 5.10 Å². The van der Waals surface area contributed by atoms with Crippen molar-refractivity contribution in [1.82, 2.24) is 15.2 Å². The zero-order chi connectivity index (χ0) is 14.1. The van der Waals surface area contributed by atoms with E-state index in [9.17, 15) is 0 Å². The van der Waals surface area contributed by atoms with Crippen molar-refractivity contribution < 1.29 is 0 Å². The van der Waals surface area contributed by atoms with Crippen molar-refractivity contribution in [2.75, 3.05) is 0 Å². The van der Waals surface area contributed by atoms with Gasteiger partial charge in [0.15, 0.2) is 0 Å². The topological polar surface area (TPSA) is 55.9 Å². The molecule has 0 amide bonds. The Morgan fingerprint density at radius 2 is 2.15 bits per heavy atom. The van der Waals surface area contributed by atoms with Gasteiger partial charge in [0.05, 0.1) is 11.2 Å². The highest BCUT2D eigenvalue weighted by molar-refractivity contribution is 5.82. The number of aromatic nitrogens is 2. The van der Waals surface area contributed by atoms with Crippen LogP contribution in [0.3, 0.4) is 0 Å². The Morgan fingerprint density at radius 1 is 1.40 bits per heavy atom. The van der Waals surface area contributed by atoms with Crippen LogP contribution in [0.2, 0.25) is 0 Å². The summed E-state index contributed by atoms with van der Waals surface area (Å²) in [6.07, 6.45) is 3.61. The number of nitrogens with two attached hydrogens (primary N) is 1. The van der Waals surface area contributed by atoms with E-state index in [2.05, 4.69) is 48.2 Å². The van der Waals surface area contributed by atoms with Gasteiger partial charge in [0.2, 0.25) is 0 Å². The fourth-order valence-electron chi connectivity index (χ4n) is 3.14. The minimum atomic E-state index is 0.311. The molecule has 1 heterocycles. The number of hydrogen-bond donors (Lipinski definition) is 2. The van der Waals surface area contributed by atoms with Gasteiger partial charge in [-0.15, -0.1) is 0 Å². The number of aryl methyl sites for hydroxylation is 1. The van der Waals surface area contributed by atoms with Crippen LogP contribution in [-0.2, 0) is 13.0 Å². The number of para-hydroxylation sites is 1. The van der Waals surface area contributed by atoms with Crippen LogP contribution >= 0.6 is 0 Å². The molecule has 3 N–H and O–H groups in total. The summed E-state index contributed by atoms with van der Waals surface area (Å²) < 4.78 is 2.08. The summed E-state index contributed by atoms with van der Waals surface area (Å²) in [5, 5.41) is 6.04. The highest BCUT2D eigenvalue weighted by Gasteiger charge is 2.33. The molecule has 108 valence electrons. The molecular weight excluding hydrogens is 248 g/mol. The van der Waals surface area contributed by atoms with Crippen LogP contribution in [0.4, 0.5) is 0 Å². The fraction of sp³-hybridized carbons (Fsp3) is 0.562. The monoisotopic (exact) mass is 272 g/mol. The number of hydrazine groups is 1. The highest BCUT2D eigenvalue weighted by Crippen LogP contribution is 2.38. The number of nitrogens with zero attached hydrogens (tertiary/aromatic N) is 2. The molecule has 4 heteroatoms. The summed E-state index contributed by atoms with van der Waals surface area (Å²) in [5.41, 5.74) is 5.40. The van der Waals surface area contributed by atoms with Gasteiger partial charge >= 0.3 is 0 Å². The van der Waals surface area contributed by atoms with Gasteiger partial charge in [0.1, 0.15) is 0 Å². The molecule has 1 aromatic heterocycles. The minimum absolute atomic E-state index is 0.311. The van der Waals surface area contributed by atoms with Crippen LogP contribution in [0, 0.1) is 11.8 Å². The SMILES string of the molecule is CCn1nc(CC(NN)C(C)C2CC2)c2ccccc21. The maximum absolute atomic E-state index is 5.79. The first kappa shape index (κ1) is 13.6. The van der Waals surface area contributed by atoms with E-state index in [-0.39, 0.29) is 0 Å². The summed E-state index contributed by atoms with van der Waals surface area (Å²) in [7, 11) is 0. The van der Waals surface area contributed by atoms with Crippen molar-refractivity contribution in [3.8, 4) is 0 Å². The molecule has 0 aliphatic heterocycles. The Bertz CT molecular complexity index is 585. The standard InChI is InChI=1S/C16H24N4/c1-3-20-16-7-5-4-6-13(16)15(19-20)10-14(18-17)11(2)12-8-9-12/h4-7,11-12,14,18H,3,8-10,17H2,1-2H3. The number of benzene rings is 1. The second-order valence-corrected chi connectivity index (χ2v) is 5.95. The summed E-state index contributed by atoms with van der Waals surface area (Å²) >= 11 is 0. The molecule has 0 spiro atoms. The van der Waals surface area contributed by atoms with E-state index in [1.165, 1.54) is 23.7 Å². The average molecular weight is 272 g/mol. The van der Waals surface area contributed by atoms with Gasteiger partial charge in [-0.3, -0.25) is 16.0 Å². The van der Waals surface area contributed by atoms with Crippen LogP contribution in [0.25, 0.3) is 10.9 Å². The molecule has 2 aromatic rings. The number of nitrogens with one attached hydrogen (secondary N) is 1. The van der Waals surface area contributed by atoms with Gasteiger partial charge in [0.25, 0.3) is 0 Å². The Morgan fingerprint density at radius 3 is 2.80 bits per heavy atom. The van der Waals surface area contributed by atoms with Crippen molar-refractivity contribution in [2.24, 2.45) is 17.7 Å². The van der Waals surface area contributed by atoms with E-state index in [1.807, 2.05) is 0 Å². The first-order chi connectivity index (χ1) is 9.74. The smallest absolute Gasteiger partial charge is 0.0719 e. The Labute approximate surface area is 120 Å². The Hall–Kier alpha value is -1.39. The first-order valence-corrected chi connectivity index (χ1v) is 7.65. The molecule has 1 fully saturated rings. The van der Waals surface area contributed by atoms with E-state index in [0.29, 0.717) is 12.0 Å². The molecular formula is C16H24N4. The molecule has 1 aliphatic rings. The molecule has 1 aliphatic carbocycles. The molecule has 0 radical (unpaired) electrons. The summed E-state index contributed by atoms with van der Waals surface area (Å²) in [6.45, 7) is 5.34. The molecule has 1 aromatic carbocycles. The highest BCUT2D eigenvalue weighted by atomic mass is 15.3. The summed E-state index contributed by atoms with van der Waals surface area (Å²) in [6, 6.07) is 8.78. The van der Waals surface area contributed by atoms with Gasteiger partial charge in [-0.05, 0) is 37.7 Å². The summed E-state index contributed by atoms with van der Waals surface area (Å²) in [4.78, 5) is 0. The lowest BCUT2D eigenvalue weighted by Crippen LogP contribution is -2.42. The fourth-order valence-corrected chi connectivity index (χ4v) is 3.14. The third-order valence-corrected chi connectivity index (χ3v) is 4.66. The third kappa shape index (κ3) is 2.45.